The number of carbonyl (C=O) groups is 1. The first-order valence-electron chi connectivity index (χ1n) is 8.17. The summed E-state index contributed by atoms with van der Waals surface area (Å²) in [6.45, 7) is 5.31. The van der Waals surface area contributed by atoms with Gasteiger partial charge in [-0.25, -0.2) is 9.48 Å². The number of nitrogens with zero attached hydrogens (tertiary/aromatic N) is 2. The molecule has 6 nitrogen and oxygen atoms in total. The number of ether oxygens (including phenoxy) is 3. The summed E-state index contributed by atoms with van der Waals surface area (Å²) in [6, 6.07) is 3.52. The molecule has 23 heavy (non-hydrogen) atoms. The van der Waals surface area contributed by atoms with Crippen molar-refractivity contribution in [2.75, 3.05) is 19.8 Å². The van der Waals surface area contributed by atoms with Crippen molar-refractivity contribution in [3.63, 3.8) is 0 Å². The molecule has 0 radical (unpaired) electrons. The maximum atomic E-state index is 12.0. The van der Waals surface area contributed by atoms with Crippen LogP contribution in [0.3, 0.4) is 0 Å². The highest BCUT2D eigenvalue weighted by Gasteiger charge is 2.22. The lowest BCUT2D eigenvalue weighted by atomic mass is 10.1. The number of esters is 1. The molecule has 2 aromatic rings. The van der Waals surface area contributed by atoms with Gasteiger partial charge < -0.3 is 14.2 Å². The van der Waals surface area contributed by atoms with E-state index in [1.54, 1.807) is 25.3 Å². The minimum atomic E-state index is -0.350. The maximum absolute atomic E-state index is 12.0. The van der Waals surface area contributed by atoms with E-state index in [0.29, 0.717) is 24.5 Å². The van der Waals surface area contributed by atoms with Gasteiger partial charge >= 0.3 is 5.97 Å². The molecule has 0 aliphatic carbocycles. The zero-order chi connectivity index (χ0) is 16.2. The van der Waals surface area contributed by atoms with Gasteiger partial charge in [-0.05, 0) is 45.2 Å². The van der Waals surface area contributed by atoms with Crippen LogP contribution in [-0.4, -0.2) is 35.6 Å². The number of rotatable bonds is 5. The van der Waals surface area contributed by atoms with Crippen molar-refractivity contribution in [1.29, 1.82) is 0 Å². The third-order valence-electron chi connectivity index (χ3n) is 3.89. The van der Waals surface area contributed by atoms with Crippen LogP contribution in [0.1, 0.15) is 49.7 Å². The van der Waals surface area contributed by atoms with E-state index >= 15 is 0 Å². The van der Waals surface area contributed by atoms with Crippen molar-refractivity contribution < 1.29 is 19.0 Å². The van der Waals surface area contributed by atoms with Gasteiger partial charge in [-0.2, -0.15) is 5.10 Å². The molecule has 1 aromatic carbocycles. The molecule has 6 heteroatoms. The highest BCUT2D eigenvalue weighted by molar-refractivity contribution is 5.97. The average Bonchev–Trinajstić information content (AvgIpc) is 3.00. The fourth-order valence-electron chi connectivity index (χ4n) is 2.89. The molecular formula is C17H22N2O4. The number of hydrogen-bond acceptors (Lipinski definition) is 5. The van der Waals surface area contributed by atoms with Gasteiger partial charge in [0.05, 0.1) is 25.0 Å². The van der Waals surface area contributed by atoms with Crippen molar-refractivity contribution in [2.24, 2.45) is 0 Å². The summed E-state index contributed by atoms with van der Waals surface area (Å²) >= 11 is 0. The molecule has 0 spiro atoms. The van der Waals surface area contributed by atoms with Gasteiger partial charge in [-0.1, -0.05) is 0 Å². The highest BCUT2D eigenvalue weighted by atomic mass is 16.5. The molecule has 1 aliphatic rings. The molecule has 1 aliphatic heterocycles. The Morgan fingerprint density at radius 3 is 2.91 bits per heavy atom. The monoisotopic (exact) mass is 318 g/mol. The molecule has 1 atom stereocenters. The molecule has 1 aromatic heterocycles. The summed E-state index contributed by atoms with van der Waals surface area (Å²) in [7, 11) is 0. The lowest BCUT2D eigenvalue weighted by Crippen LogP contribution is -2.19. The number of aromatic nitrogens is 2. The van der Waals surface area contributed by atoms with Crippen LogP contribution in [0.4, 0.5) is 0 Å². The molecule has 1 unspecified atom stereocenters. The molecule has 124 valence electrons. The van der Waals surface area contributed by atoms with E-state index in [-0.39, 0.29) is 12.2 Å². The molecule has 1 fully saturated rings. The summed E-state index contributed by atoms with van der Waals surface area (Å²) in [5, 5.41) is 5.32. The van der Waals surface area contributed by atoms with Gasteiger partial charge in [0.1, 0.15) is 11.3 Å². The van der Waals surface area contributed by atoms with Crippen LogP contribution in [0.2, 0.25) is 0 Å². The number of hydrogen-bond donors (Lipinski definition) is 0. The molecule has 0 bridgehead atoms. The second kappa shape index (κ2) is 7.00. The van der Waals surface area contributed by atoms with Gasteiger partial charge in [-0.3, -0.25) is 0 Å². The van der Waals surface area contributed by atoms with Gasteiger partial charge in [0, 0.05) is 12.0 Å². The standard InChI is InChI=1S/C17H22N2O4/c1-3-21-14-10-12(17(20)22-4-2)9-13-11-18-19(16(13)14)15-7-5-6-8-23-15/h9-11,15H,3-8H2,1-2H3. The van der Waals surface area contributed by atoms with E-state index in [0.717, 1.165) is 36.8 Å². The molecule has 0 amide bonds. The number of fused-ring (bicyclic) bond motifs is 1. The van der Waals surface area contributed by atoms with Crippen molar-refractivity contribution in [1.82, 2.24) is 9.78 Å². The Kier molecular flexibility index (Phi) is 4.81. The Hall–Kier alpha value is -2.08. The molecule has 0 N–H and O–H groups in total. The van der Waals surface area contributed by atoms with E-state index in [2.05, 4.69) is 5.10 Å². The van der Waals surface area contributed by atoms with Crippen molar-refractivity contribution in [3.8, 4) is 5.75 Å². The van der Waals surface area contributed by atoms with Gasteiger partial charge in [-0.15, -0.1) is 0 Å². The molecule has 2 heterocycles. The van der Waals surface area contributed by atoms with Gasteiger partial charge in [0.2, 0.25) is 0 Å². The van der Waals surface area contributed by atoms with Crippen molar-refractivity contribution in [3.05, 3.63) is 23.9 Å². The van der Waals surface area contributed by atoms with Crippen molar-refractivity contribution in [2.45, 2.75) is 39.3 Å². The van der Waals surface area contributed by atoms with Crippen LogP contribution in [0.15, 0.2) is 18.3 Å². The first-order chi connectivity index (χ1) is 11.2. The third-order valence-corrected chi connectivity index (χ3v) is 3.89. The highest BCUT2D eigenvalue weighted by Crippen LogP contribution is 2.33. The molecule has 1 saturated heterocycles. The Bertz CT molecular complexity index is 689. The lowest BCUT2D eigenvalue weighted by Gasteiger charge is -2.24. The van der Waals surface area contributed by atoms with Gasteiger partial charge in [0.25, 0.3) is 0 Å². The maximum Gasteiger partial charge on any atom is 0.338 e. The predicted molar refractivity (Wildman–Crippen MR) is 85.7 cm³/mol. The van der Waals surface area contributed by atoms with E-state index in [9.17, 15) is 4.79 Å². The van der Waals surface area contributed by atoms with Crippen LogP contribution in [0.5, 0.6) is 5.75 Å². The first-order valence-corrected chi connectivity index (χ1v) is 8.17. The largest absolute Gasteiger partial charge is 0.492 e. The topological polar surface area (TPSA) is 62.6 Å². The minimum absolute atomic E-state index is 0.0751. The summed E-state index contributed by atoms with van der Waals surface area (Å²) in [4.78, 5) is 12.0. The van der Waals surface area contributed by atoms with E-state index < -0.39 is 0 Å². The smallest absolute Gasteiger partial charge is 0.338 e. The Morgan fingerprint density at radius 1 is 1.35 bits per heavy atom. The third kappa shape index (κ3) is 3.17. The summed E-state index contributed by atoms with van der Waals surface area (Å²) in [5.74, 6) is 0.289. The van der Waals surface area contributed by atoms with Crippen LogP contribution in [0.25, 0.3) is 10.9 Å². The Balaban J connectivity index is 2.05. The van der Waals surface area contributed by atoms with E-state index in [1.165, 1.54) is 0 Å². The lowest BCUT2D eigenvalue weighted by molar-refractivity contribution is -0.0368. The normalized spacial score (nSPS) is 18.1. The van der Waals surface area contributed by atoms with E-state index in [4.69, 9.17) is 14.2 Å². The van der Waals surface area contributed by atoms with Crippen LogP contribution in [-0.2, 0) is 9.47 Å². The second-order valence-electron chi connectivity index (χ2n) is 5.48. The van der Waals surface area contributed by atoms with Crippen LogP contribution in [0, 0.1) is 0 Å². The minimum Gasteiger partial charge on any atom is -0.492 e. The average molecular weight is 318 g/mol. The quantitative estimate of drug-likeness (QED) is 0.791. The zero-order valence-electron chi connectivity index (χ0n) is 13.6. The van der Waals surface area contributed by atoms with Crippen LogP contribution >= 0.6 is 0 Å². The first kappa shape index (κ1) is 15.8. The number of benzene rings is 1. The second-order valence-corrected chi connectivity index (χ2v) is 5.48. The molecule has 3 rings (SSSR count). The fourth-order valence-corrected chi connectivity index (χ4v) is 2.89. The van der Waals surface area contributed by atoms with E-state index in [1.807, 2.05) is 11.6 Å². The van der Waals surface area contributed by atoms with Crippen LogP contribution < -0.4 is 4.74 Å². The SMILES string of the molecule is CCOC(=O)c1cc(OCC)c2c(cnn2C2CCCCO2)c1. The Morgan fingerprint density at radius 2 is 2.22 bits per heavy atom. The van der Waals surface area contributed by atoms with Crippen molar-refractivity contribution >= 4 is 16.9 Å². The summed E-state index contributed by atoms with van der Waals surface area (Å²) in [5.41, 5.74) is 1.35. The predicted octanol–water partition coefficient (Wildman–Crippen LogP) is 3.31. The molecular weight excluding hydrogens is 296 g/mol. The van der Waals surface area contributed by atoms with Gasteiger partial charge in [0.15, 0.2) is 6.23 Å². The summed E-state index contributed by atoms with van der Waals surface area (Å²) in [6.07, 6.45) is 4.81. The summed E-state index contributed by atoms with van der Waals surface area (Å²) < 4.78 is 18.5. The number of carbonyl (C=O) groups excluding carboxylic acids is 1. The molecule has 0 saturated carbocycles. The fraction of sp³-hybridized carbons (Fsp3) is 0.529. The zero-order valence-corrected chi connectivity index (χ0v) is 13.6. The Labute approximate surface area is 135 Å².